The molecule has 106 valence electrons. The van der Waals surface area contributed by atoms with Crippen LogP contribution < -0.4 is 5.32 Å². The van der Waals surface area contributed by atoms with Crippen LogP contribution in [-0.4, -0.2) is 10.2 Å². The monoisotopic (exact) mass is 295 g/mol. The van der Waals surface area contributed by atoms with E-state index in [2.05, 4.69) is 5.32 Å². The lowest BCUT2D eigenvalue weighted by atomic mass is 10.1. The second-order valence-corrected chi connectivity index (χ2v) is 5.04. The molecule has 0 aliphatic carbocycles. The van der Waals surface area contributed by atoms with Crippen LogP contribution in [0.1, 0.15) is 24.1 Å². The molecule has 0 heterocycles. The number of phenols is 2. The molecule has 2 rings (SSSR count). The van der Waals surface area contributed by atoms with Crippen molar-refractivity contribution in [3.63, 3.8) is 0 Å². The van der Waals surface area contributed by atoms with Crippen LogP contribution in [-0.2, 0) is 6.54 Å². The van der Waals surface area contributed by atoms with Gasteiger partial charge in [-0.15, -0.1) is 0 Å². The molecule has 0 radical (unpaired) electrons. The Hall–Kier alpha value is -1.78. The topological polar surface area (TPSA) is 52.5 Å². The molecule has 0 saturated heterocycles. The average molecular weight is 296 g/mol. The number of halogens is 2. The van der Waals surface area contributed by atoms with Gasteiger partial charge >= 0.3 is 0 Å². The molecule has 3 nitrogen and oxygen atoms in total. The van der Waals surface area contributed by atoms with Gasteiger partial charge < -0.3 is 15.5 Å². The van der Waals surface area contributed by atoms with Crippen LogP contribution in [0.3, 0.4) is 0 Å². The van der Waals surface area contributed by atoms with Crippen molar-refractivity contribution in [3.05, 3.63) is 58.4 Å². The molecule has 0 aliphatic rings. The highest BCUT2D eigenvalue weighted by molar-refractivity contribution is 6.30. The number of hydrogen-bond donors (Lipinski definition) is 3. The first-order valence-electron chi connectivity index (χ1n) is 6.16. The van der Waals surface area contributed by atoms with E-state index in [-0.39, 0.29) is 22.6 Å². The minimum atomic E-state index is -0.443. The van der Waals surface area contributed by atoms with E-state index in [1.807, 2.05) is 6.92 Å². The maximum Gasteiger partial charge on any atom is 0.141 e. The van der Waals surface area contributed by atoms with Crippen molar-refractivity contribution in [2.45, 2.75) is 19.5 Å². The fraction of sp³-hybridized carbons (Fsp3) is 0.200. The Kier molecular flexibility index (Phi) is 4.47. The van der Waals surface area contributed by atoms with Gasteiger partial charge in [0.05, 0.1) is 5.02 Å². The summed E-state index contributed by atoms with van der Waals surface area (Å²) in [5.41, 5.74) is 1.61. The normalized spacial score (nSPS) is 12.3. The molecule has 0 amide bonds. The number of benzene rings is 2. The highest BCUT2D eigenvalue weighted by Crippen LogP contribution is 2.25. The van der Waals surface area contributed by atoms with E-state index in [1.165, 1.54) is 12.1 Å². The smallest absolute Gasteiger partial charge is 0.141 e. The van der Waals surface area contributed by atoms with Gasteiger partial charge in [-0.25, -0.2) is 4.39 Å². The molecule has 0 fully saturated rings. The number of rotatable bonds is 4. The summed E-state index contributed by atoms with van der Waals surface area (Å²) >= 11 is 5.72. The third kappa shape index (κ3) is 3.62. The molecule has 1 unspecified atom stereocenters. The molecule has 0 aliphatic heterocycles. The van der Waals surface area contributed by atoms with Gasteiger partial charge in [-0.1, -0.05) is 17.7 Å². The SMILES string of the molecule is CC(NCc1ccc(F)c(Cl)c1)c1cc(O)cc(O)c1. The van der Waals surface area contributed by atoms with Crippen LogP contribution >= 0.6 is 11.6 Å². The third-order valence-electron chi connectivity index (χ3n) is 3.02. The molecule has 0 aromatic heterocycles. The maximum absolute atomic E-state index is 13.0. The standard InChI is InChI=1S/C15H15ClFNO2/c1-9(11-5-12(19)7-13(20)6-11)18-8-10-2-3-15(17)14(16)4-10/h2-7,9,18-20H,8H2,1H3. The summed E-state index contributed by atoms with van der Waals surface area (Å²) in [6.45, 7) is 2.40. The van der Waals surface area contributed by atoms with Crippen LogP contribution in [0, 0.1) is 5.82 Å². The second-order valence-electron chi connectivity index (χ2n) is 4.63. The van der Waals surface area contributed by atoms with Crippen molar-refractivity contribution in [3.8, 4) is 11.5 Å². The number of hydrogen-bond acceptors (Lipinski definition) is 3. The summed E-state index contributed by atoms with van der Waals surface area (Å²) in [4.78, 5) is 0. The zero-order valence-corrected chi connectivity index (χ0v) is 11.7. The van der Waals surface area contributed by atoms with Crippen LogP contribution in [0.25, 0.3) is 0 Å². The van der Waals surface area contributed by atoms with E-state index in [1.54, 1.807) is 24.3 Å². The quantitative estimate of drug-likeness (QED) is 0.805. The Bertz CT molecular complexity index is 599. The van der Waals surface area contributed by atoms with E-state index in [4.69, 9.17) is 11.6 Å². The van der Waals surface area contributed by atoms with E-state index < -0.39 is 5.82 Å². The van der Waals surface area contributed by atoms with Gasteiger partial charge in [0, 0.05) is 18.7 Å². The zero-order chi connectivity index (χ0) is 14.7. The Balaban J connectivity index is 2.04. The zero-order valence-electron chi connectivity index (χ0n) is 10.9. The third-order valence-corrected chi connectivity index (χ3v) is 3.31. The fourth-order valence-electron chi connectivity index (χ4n) is 1.91. The lowest BCUT2D eigenvalue weighted by Gasteiger charge is -2.15. The molecule has 0 bridgehead atoms. The Morgan fingerprint density at radius 2 is 1.80 bits per heavy atom. The molecular weight excluding hydrogens is 281 g/mol. The summed E-state index contributed by atoms with van der Waals surface area (Å²) < 4.78 is 13.0. The second kappa shape index (κ2) is 6.11. The summed E-state index contributed by atoms with van der Waals surface area (Å²) in [5.74, 6) is -0.418. The molecule has 0 saturated carbocycles. The largest absolute Gasteiger partial charge is 0.508 e. The van der Waals surface area contributed by atoms with Crippen molar-refractivity contribution in [1.29, 1.82) is 0 Å². The van der Waals surface area contributed by atoms with Crippen LogP contribution in [0.2, 0.25) is 5.02 Å². The first kappa shape index (κ1) is 14.6. The molecule has 0 spiro atoms. The Labute approximate surface area is 121 Å². The van der Waals surface area contributed by atoms with Gasteiger partial charge in [0.25, 0.3) is 0 Å². The van der Waals surface area contributed by atoms with E-state index >= 15 is 0 Å². The molecule has 20 heavy (non-hydrogen) atoms. The van der Waals surface area contributed by atoms with Crippen LogP contribution in [0.5, 0.6) is 11.5 Å². The molecule has 2 aromatic rings. The van der Waals surface area contributed by atoms with Gasteiger partial charge in [0.15, 0.2) is 0 Å². The highest BCUT2D eigenvalue weighted by Gasteiger charge is 2.08. The summed E-state index contributed by atoms with van der Waals surface area (Å²) in [6.07, 6.45) is 0. The molecular formula is C15H15ClFNO2. The lowest BCUT2D eigenvalue weighted by molar-refractivity contribution is 0.446. The molecule has 3 N–H and O–H groups in total. The predicted octanol–water partition coefficient (Wildman–Crippen LogP) is 3.74. The molecule has 5 heteroatoms. The summed E-state index contributed by atoms with van der Waals surface area (Å²) in [7, 11) is 0. The van der Waals surface area contributed by atoms with Gasteiger partial charge in [-0.2, -0.15) is 0 Å². The van der Waals surface area contributed by atoms with E-state index in [0.717, 1.165) is 11.1 Å². The van der Waals surface area contributed by atoms with Crippen LogP contribution in [0.15, 0.2) is 36.4 Å². The van der Waals surface area contributed by atoms with E-state index in [0.29, 0.717) is 6.54 Å². The Morgan fingerprint density at radius 3 is 2.40 bits per heavy atom. The van der Waals surface area contributed by atoms with Gasteiger partial charge in [-0.3, -0.25) is 0 Å². The number of phenolic OH excluding ortho intramolecular Hbond substituents is 2. The van der Waals surface area contributed by atoms with Crippen molar-refractivity contribution in [2.24, 2.45) is 0 Å². The van der Waals surface area contributed by atoms with Gasteiger partial charge in [0.1, 0.15) is 17.3 Å². The first-order valence-corrected chi connectivity index (χ1v) is 6.54. The predicted molar refractivity (Wildman–Crippen MR) is 76.4 cm³/mol. The van der Waals surface area contributed by atoms with Crippen molar-refractivity contribution in [2.75, 3.05) is 0 Å². The lowest BCUT2D eigenvalue weighted by Crippen LogP contribution is -2.18. The van der Waals surface area contributed by atoms with Gasteiger partial charge in [-0.05, 0) is 42.3 Å². The maximum atomic E-state index is 13.0. The number of nitrogens with one attached hydrogen (secondary N) is 1. The van der Waals surface area contributed by atoms with Crippen LogP contribution in [0.4, 0.5) is 4.39 Å². The number of aromatic hydroxyl groups is 2. The minimum absolute atomic E-state index is 0.0125. The summed E-state index contributed by atoms with van der Waals surface area (Å²) in [6, 6.07) is 8.89. The van der Waals surface area contributed by atoms with E-state index in [9.17, 15) is 14.6 Å². The molecule has 2 aromatic carbocycles. The minimum Gasteiger partial charge on any atom is -0.508 e. The fourth-order valence-corrected chi connectivity index (χ4v) is 2.11. The van der Waals surface area contributed by atoms with Gasteiger partial charge in [0.2, 0.25) is 0 Å². The highest BCUT2D eigenvalue weighted by atomic mass is 35.5. The van der Waals surface area contributed by atoms with Crippen molar-refractivity contribution in [1.82, 2.24) is 5.32 Å². The first-order chi connectivity index (χ1) is 9.45. The molecule has 1 atom stereocenters. The van der Waals surface area contributed by atoms with Crippen molar-refractivity contribution < 1.29 is 14.6 Å². The van der Waals surface area contributed by atoms with Crippen molar-refractivity contribution >= 4 is 11.6 Å². The summed E-state index contributed by atoms with van der Waals surface area (Å²) in [5, 5.41) is 22.2. The average Bonchev–Trinajstić information content (AvgIpc) is 2.38. The Morgan fingerprint density at radius 1 is 1.15 bits per heavy atom.